The number of carbonyl (C=O) groups is 1. The van der Waals surface area contributed by atoms with Gasteiger partial charge in [0, 0.05) is 24.2 Å². The molecule has 0 aliphatic carbocycles. The molecule has 4 aromatic rings. The van der Waals surface area contributed by atoms with Crippen LogP contribution in [0.2, 0.25) is 0 Å². The monoisotopic (exact) mass is 386 g/mol. The number of ether oxygens (including phenoxy) is 1. The van der Waals surface area contributed by atoms with Crippen molar-refractivity contribution in [3.63, 3.8) is 0 Å². The Bertz CT molecular complexity index is 1200. The highest BCUT2D eigenvalue weighted by molar-refractivity contribution is 5.96. The highest BCUT2D eigenvalue weighted by Gasteiger charge is 2.13. The van der Waals surface area contributed by atoms with Crippen LogP contribution in [0, 0.1) is 0 Å². The molecule has 0 saturated carbocycles. The van der Waals surface area contributed by atoms with Gasteiger partial charge in [0.2, 0.25) is 5.88 Å². The van der Waals surface area contributed by atoms with Crippen LogP contribution in [0.3, 0.4) is 0 Å². The SMILES string of the molecule is O=C(NCc1ccnc(OCc2ccccc2)c1)c1cc2ccccc2oc1=O. The fourth-order valence-corrected chi connectivity index (χ4v) is 2.87. The van der Waals surface area contributed by atoms with E-state index >= 15 is 0 Å². The quantitative estimate of drug-likeness (QED) is 0.511. The van der Waals surface area contributed by atoms with Crippen LogP contribution in [0.1, 0.15) is 21.5 Å². The van der Waals surface area contributed by atoms with E-state index in [1.54, 1.807) is 36.5 Å². The Morgan fingerprint density at radius 1 is 0.966 bits per heavy atom. The Balaban J connectivity index is 1.42. The van der Waals surface area contributed by atoms with Gasteiger partial charge in [-0.05, 0) is 29.3 Å². The molecule has 2 aromatic carbocycles. The van der Waals surface area contributed by atoms with Crippen molar-refractivity contribution in [2.45, 2.75) is 13.2 Å². The van der Waals surface area contributed by atoms with Gasteiger partial charge in [-0.15, -0.1) is 0 Å². The number of nitrogens with one attached hydrogen (secondary N) is 1. The molecule has 0 aliphatic heterocycles. The molecule has 0 unspecified atom stereocenters. The van der Waals surface area contributed by atoms with Gasteiger partial charge in [-0.2, -0.15) is 0 Å². The molecule has 29 heavy (non-hydrogen) atoms. The molecular weight excluding hydrogens is 368 g/mol. The van der Waals surface area contributed by atoms with Gasteiger partial charge in [0.1, 0.15) is 17.8 Å². The molecule has 0 radical (unpaired) electrons. The summed E-state index contributed by atoms with van der Waals surface area (Å²) in [5.74, 6) is -0.0288. The van der Waals surface area contributed by atoms with Gasteiger partial charge in [-0.25, -0.2) is 9.78 Å². The average Bonchev–Trinajstić information content (AvgIpc) is 2.76. The zero-order valence-electron chi connectivity index (χ0n) is 15.5. The predicted molar refractivity (Wildman–Crippen MR) is 109 cm³/mol. The topological polar surface area (TPSA) is 81.4 Å². The molecule has 1 N–H and O–H groups in total. The van der Waals surface area contributed by atoms with Crippen LogP contribution >= 0.6 is 0 Å². The number of carbonyl (C=O) groups excluding carboxylic acids is 1. The summed E-state index contributed by atoms with van der Waals surface area (Å²) in [6.07, 6.45) is 1.62. The minimum Gasteiger partial charge on any atom is -0.473 e. The number of hydrogen-bond donors (Lipinski definition) is 1. The number of aromatic nitrogens is 1. The lowest BCUT2D eigenvalue weighted by molar-refractivity contribution is 0.0947. The van der Waals surface area contributed by atoms with Crippen molar-refractivity contribution in [1.82, 2.24) is 10.3 Å². The van der Waals surface area contributed by atoms with Gasteiger partial charge < -0.3 is 14.5 Å². The molecule has 6 heteroatoms. The summed E-state index contributed by atoms with van der Waals surface area (Å²) >= 11 is 0. The number of para-hydroxylation sites is 1. The van der Waals surface area contributed by atoms with Crippen LogP contribution in [0.15, 0.2) is 88.2 Å². The summed E-state index contributed by atoms with van der Waals surface area (Å²) in [5, 5.41) is 3.43. The first-order valence-corrected chi connectivity index (χ1v) is 9.12. The number of benzene rings is 2. The highest BCUT2D eigenvalue weighted by Crippen LogP contribution is 2.14. The van der Waals surface area contributed by atoms with Crippen LogP contribution < -0.4 is 15.7 Å². The number of rotatable bonds is 6. The van der Waals surface area contributed by atoms with Gasteiger partial charge in [0.05, 0.1) is 0 Å². The van der Waals surface area contributed by atoms with E-state index in [0.717, 1.165) is 11.1 Å². The lowest BCUT2D eigenvalue weighted by Crippen LogP contribution is -2.27. The summed E-state index contributed by atoms with van der Waals surface area (Å²) < 4.78 is 10.9. The molecule has 144 valence electrons. The minimum absolute atomic E-state index is 0.0293. The van der Waals surface area contributed by atoms with E-state index < -0.39 is 11.5 Å². The predicted octanol–water partition coefficient (Wildman–Crippen LogP) is 3.70. The third kappa shape index (κ3) is 4.50. The number of pyridine rings is 1. The van der Waals surface area contributed by atoms with Crippen molar-refractivity contribution in [3.05, 3.63) is 106 Å². The molecule has 1 amide bonds. The number of amides is 1. The van der Waals surface area contributed by atoms with E-state index in [0.29, 0.717) is 23.5 Å². The molecule has 0 aliphatic rings. The normalized spacial score (nSPS) is 10.6. The van der Waals surface area contributed by atoms with Crippen molar-refractivity contribution in [3.8, 4) is 5.88 Å². The maximum absolute atomic E-state index is 12.5. The minimum atomic E-state index is -0.664. The van der Waals surface area contributed by atoms with Crippen LogP contribution in [0.4, 0.5) is 0 Å². The first kappa shape index (κ1) is 18.4. The van der Waals surface area contributed by atoms with Gasteiger partial charge in [0.25, 0.3) is 5.91 Å². The van der Waals surface area contributed by atoms with Crippen molar-refractivity contribution >= 4 is 16.9 Å². The Kier molecular flexibility index (Phi) is 5.33. The zero-order chi connectivity index (χ0) is 20.1. The second-order valence-corrected chi connectivity index (χ2v) is 6.44. The Morgan fingerprint density at radius 2 is 1.76 bits per heavy atom. The van der Waals surface area contributed by atoms with Gasteiger partial charge in [0.15, 0.2) is 0 Å². The van der Waals surface area contributed by atoms with Crippen molar-refractivity contribution in [2.24, 2.45) is 0 Å². The number of fused-ring (bicyclic) bond motifs is 1. The second kappa shape index (κ2) is 8.39. The average molecular weight is 386 g/mol. The summed E-state index contributed by atoms with van der Waals surface area (Å²) in [6.45, 7) is 0.636. The van der Waals surface area contributed by atoms with Crippen molar-refractivity contribution < 1.29 is 13.9 Å². The van der Waals surface area contributed by atoms with E-state index in [2.05, 4.69) is 10.3 Å². The molecule has 0 fully saturated rings. The summed E-state index contributed by atoms with van der Waals surface area (Å²) in [7, 11) is 0. The third-order valence-electron chi connectivity index (χ3n) is 4.37. The Labute approximate surface area is 166 Å². The van der Waals surface area contributed by atoms with E-state index in [9.17, 15) is 9.59 Å². The molecule has 0 spiro atoms. The maximum Gasteiger partial charge on any atom is 0.349 e. The largest absolute Gasteiger partial charge is 0.473 e. The summed E-state index contributed by atoms with van der Waals surface area (Å²) in [5.41, 5.74) is 1.60. The fraction of sp³-hybridized carbons (Fsp3) is 0.0870. The van der Waals surface area contributed by atoms with Crippen LogP contribution in [-0.2, 0) is 13.2 Å². The molecule has 0 bridgehead atoms. The molecule has 2 heterocycles. The molecule has 0 saturated heterocycles. The maximum atomic E-state index is 12.5. The van der Waals surface area contributed by atoms with E-state index in [-0.39, 0.29) is 12.1 Å². The lowest BCUT2D eigenvalue weighted by atomic mass is 10.1. The van der Waals surface area contributed by atoms with Gasteiger partial charge >= 0.3 is 5.63 Å². The number of nitrogens with zero attached hydrogens (tertiary/aromatic N) is 1. The van der Waals surface area contributed by atoms with E-state index in [4.69, 9.17) is 9.15 Å². The zero-order valence-corrected chi connectivity index (χ0v) is 15.5. The Morgan fingerprint density at radius 3 is 2.62 bits per heavy atom. The van der Waals surface area contributed by atoms with Crippen LogP contribution in [0.25, 0.3) is 11.0 Å². The molecular formula is C23H18N2O4. The Hall–Kier alpha value is -3.93. The van der Waals surface area contributed by atoms with Crippen LogP contribution in [-0.4, -0.2) is 10.9 Å². The highest BCUT2D eigenvalue weighted by atomic mass is 16.5. The molecule has 6 nitrogen and oxygen atoms in total. The molecule has 4 rings (SSSR count). The van der Waals surface area contributed by atoms with Crippen LogP contribution in [0.5, 0.6) is 5.88 Å². The van der Waals surface area contributed by atoms with Crippen molar-refractivity contribution in [2.75, 3.05) is 0 Å². The first-order chi connectivity index (χ1) is 14.2. The van der Waals surface area contributed by atoms with E-state index in [1.807, 2.05) is 36.4 Å². The number of hydrogen-bond acceptors (Lipinski definition) is 5. The lowest BCUT2D eigenvalue weighted by Gasteiger charge is -2.08. The summed E-state index contributed by atoms with van der Waals surface area (Å²) in [4.78, 5) is 28.8. The fourth-order valence-electron chi connectivity index (χ4n) is 2.87. The third-order valence-corrected chi connectivity index (χ3v) is 4.37. The van der Waals surface area contributed by atoms with E-state index in [1.165, 1.54) is 6.07 Å². The molecule has 2 aromatic heterocycles. The smallest absolute Gasteiger partial charge is 0.349 e. The van der Waals surface area contributed by atoms with Gasteiger partial charge in [-0.3, -0.25) is 4.79 Å². The van der Waals surface area contributed by atoms with Crippen molar-refractivity contribution in [1.29, 1.82) is 0 Å². The second-order valence-electron chi connectivity index (χ2n) is 6.44. The summed E-state index contributed by atoms with van der Waals surface area (Å²) in [6, 6.07) is 21.9. The molecule has 0 atom stereocenters. The first-order valence-electron chi connectivity index (χ1n) is 9.12. The van der Waals surface area contributed by atoms with Gasteiger partial charge in [-0.1, -0.05) is 48.5 Å². The standard InChI is InChI=1S/C23H18N2O4/c26-22(19-13-18-8-4-5-9-20(18)29-23(19)27)25-14-17-10-11-24-21(12-17)28-15-16-6-2-1-3-7-16/h1-13H,14-15H2,(H,25,26).